The summed E-state index contributed by atoms with van der Waals surface area (Å²) >= 11 is 1.61. The van der Waals surface area contributed by atoms with E-state index in [2.05, 4.69) is 20.8 Å². The molecule has 0 radical (unpaired) electrons. The van der Waals surface area contributed by atoms with E-state index in [1.54, 1.807) is 18.8 Å². The average molecular weight is 283 g/mol. The molecule has 1 heterocycles. The van der Waals surface area contributed by atoms with E-state index >= 15 is 0 Å². The van der Waals surface area contributed by atoms with E-state index in [0.717, 1.165) is 24.4 Å². The molecular weight excluding hydrogens is 266 g/mol. The van der Waals surface area contributed by atoms with Gasteiger partial charge in [0.2, 0.25) is 5.16 Å². The lowest BCUT2D eigenvalue weighted by Gasteiger charge is -2.23. The quantitative estimate of drug-likeness (QED) is 0.821. The lowest BCUT2D eigenvalue weighted by Crippen LogP contribution is -2.48. The Morgan fingerprint density at radius 1 is 1.53 bits per heavy atom. The third-order valence-electron chi connectivity index (χ3n) is 3.98. The molecule has 2 saturated carbocycles. The zero-order chi connectivity index (χ0) is 13.5. The van der Waals surface area contributed by atoms with Crippen LogP contribution in [0, 0.1) is 0 Å². The summed E-state index contributed by atoms with van der Waals surface area (Å²) < 4.78 is 1.88. The van der Waals surface area contributed by atoms with Gasteiger partial charge in [-0.2, -0.15) is 0 Å². The number of nitrogens with one attached hydrogen (secondary N) is 1. The number of aliphatic carboxylic acids is 1. The molecule has 0 aliphatic heterocycles. The van der Waals surface area contributed by atoms with Crippen LogP contribution in [0.25, 0.3) is 0 Å². The van der Waals surface area contributed by atoms with Gasteiger partial charge in [-0.3, -0.25) is 4.79 Å². The number of tetrazole rings is 1. The zero-order valence-corrected chi connectivity index (χ0v) is 11.6. The number of carbonyl (C=O) groups is 1. The summed E-state index contributed by atoms with van der Waals surface area (Å²) in [5.74, 6) is -0.764. The van der Waals surface area contributed by atoms with Crippen LogP contribution >= 0.6 is 11.8 Å². The minimum absolute atomic E-state index is 0.257. The molecule has 1 aromatic heterocycles. The van der Waals surface area contributed by atoms with Crippen LogP contribution < -0.4 is 5.32 Å². The van der Waals surface area contributed by atoms with Crippen molar-refractivity contribution in [3.63, 3.8) is 0 Å². The molecule has 0 amide bonds. The van der Waals surface area contributed by atoms with E-state index in [1.807, 2.05) is 4.68 Å². The van der Waals surface area contributed by atoms with E-state index in [-0.39, 0.29) is 5.25 Å². The van der Waals surface area contributed by atoms with Gasteiger partial charge < -0.3 is 10.4 Å². The molecule has 7 nitrogen and oxygen atoms in total. The molecule has 2 N–H and O–H groups in total. The van der Waals surface area contributed by atoms with E-state index < -0.39 is 11.5 Å². The topological polar surface area (TPSA) is 92.9 Å². The molecule has 19 heavy (non-hydrogen) atoms. The Kier molecular flexibility index (Phi) is 3.22. The largest absolute Gasteiger partial charge is 0.480 e. The number of thioether (sulfide) groups is 1. The molecule has 3 rings (SSSR count). The van der Waals surface area contributed by atoms with Crippen molar-refractivity contribution in [3.8, 4) is 0 Å². The second-order valence-electron chi connectivity index (χ2n) is 5.26. The lowest BCUT2D eigenvalue weighted by molar-refractivity contribution is -0.144. The number of likely N-dealkylation sites (N-methyl/N-ethyl adjacent to an activating group) is 1. The molecule has 0 saturated heterocycles. The van der Waals surface area contributed by atoms with Crippen LogP contribution in [-0.4, -0.2) is 49.1 Å². The average Bonchev–Trinajstić information content (AvgIpc) is 2.99. The van der Waals surface area contributed by atoms with Gasteiger partial charge in [-0.15, -0.1) is 5.10 Å². The van der Waals surface area contributed by atoms with Crippen molar-refractivity contribution in [3.05, 3.63) is 0 Å². The predicted octanol–water partition coefficient (Wildman–Crippen LogP) is 0.695. The summed E-state index contributed by atoms with van der Waals surface area (Å²) in [6.07, 6.45) is 4.41. The fraction of sp³-hybridized carbons (Fsp3) is 0.818. The Balaban J connectivity index is 1.68. The highest BCUT2D eigenvalue weighted by Gasteiger charge is 2.45. The molecule has 0 bridgehead atoms. The maximum Gasteiger partial charge on any atom is 0.323 e. The normalized spacial score (nSPS) is 30.7. The number of aromatic nitrogens is 4. The molecule has 2 atom stereocenters. The van der Waals surface area contributed by atoms with Crippen molar-refractivity contribution in [2.45, 2.75) is 54.1 Å². The molecule has 8 heteroatoms. The smallest absolute Gasteiger partial charge is 0.323 e. The summed E-state index contributed by atoms with van der Waals surface area (Å²) in [5, 5.41) is 25.2. The molecule has 2 fully saturated rings. The number of carboxylic acid groups (broad SMARTS) is 1. The number of hydrogen-bond acceptors (Lipinski definition) is 6. The number of nitrogens with zero attached hydrogens (tertiary/aromatic N) is 4. The van der Waals surface area contributed by atoms with Gasteiger partial charge in [0.1, 0.15) is 5.54 Å². The Labute approximate surface area is 115 Å². The molecule has 104 valence electrons. The van der Waals surface area contributed by atoms with Crippen LogP contribution in [0.4, 0.5) is 0 Å². The number of carboxylic acids is 1. The van der Waals surface area contributed by atoms with Crippen LogP contribution in [-0.2, 0) is 4.79 Å². The van der Waals surface area contributed by atoms with Crippen LogP contribution in [0.5, 0.6) is 0 Å². The fourth-order valence-electron chi connectivity index (χ4n) is 2.59. The van der Waals surface area contributed by atoms with Crippen LogP contribution in [0.3, 0.4) is 0 Å². The first-order valence-electron chi connectivity index (χ1n) is 6.51. The predicted molar refractivity (Wildman–Crippen MR) is 69.0 cm³/mol. The van der Waals surface area contributed by atoms with Gasteiger partial charge in [0.15, 0.2) is 0 Å². The minimum Gasteiger partial charge on any atom is -0.480 e. The summed E-state index contributed by atoms with van der Waals surface area (Å²) in [6, 6.07) is 0.451. The third-order valence-corrected chi connectivity index (χ3v) is 5.20. The van der Waals surface area contributed by atoms with Crippen molar-refractivity contribution < 1.29 is 9.90 Å². The van der Waals surface area contributed by atoms with Crippen LogP contribution in [0.15, 0.2) is 5.16 Å². The molecule has 2 unspecified atom stereocenters. The first-order valence-corrected chi connectivity index (χ1v) is 7.39. The fourth-order valence-corrected chi connectivity index (χ4v) is 3.87. The first-order chi connectivity index (χ1) is 9.14. The Bertz CT molecular complexity index is 489. The van der Waals surface area contributed by atoms with E-state index in [4.69, 9.17) is 0 Å². The highest BCUT2D eigenvalue weighted by molar-refractivity contribution is 7.99. The SMILES string of the molecule is CNC1(C(=O)O)CCC(Sc2nnnn2C2CC2)C1. The van der Waals surface area contributed by atoms with Gasteiger partial charge >= 0.3 is 5.97 Å². The van der Waals surface area contributed by atoms with Gasteiger partial charge in [0, 0.05) is 5.25 Å². The van der Waals surface area contributed by atoms with Crippen molar-refractivity contribution in [1.29, 1.82) is 0 Å². The minimum atomic E-state index is -0.782. The lowest BCUT2D eigenvalue weighted by atomic mass is 9.99. The summed E-state index contributed by atoms with van der Waals surface area (Å²) in [5.41, 5.74) is -0.782. The van der Waals surface area contributed by atoms with Crippen molar-refractivity contribution in [2.24, 2.45) is 0 Å². The second-order valence-corrected chi connectivity index (χ2v) is 6.52. The van der Waals surface area contributed by atoms with Gasteiger partial charge in [-0.1, -0.05) is 11.8 Å². The Morgan fingerprint density at radius 2 is 2.32 bits per heavy atom. The Hall–Kier alpha value is -1.15. The molecule has 2 aliphatic carbocycles. The summed E-state index contributed by atoms with van der Waals surface area (Å²) in [4.78, 5) is 11.4. The monoisotopic (exact) mass is 283 g/mol. The van der Waals surface area contributed by atoms with Gasteiger partial charge in [-0.25, -0.2) is 4.68 Å². The van der Waals surface area contributed by atoms with Gasteiger partial charge in [-0.05, 0) is 49.6 Å². The molecule has 1 aromatic rings. The molecule has 2 aliphatic rings. The Morgan fingerprint density at radius 3 is 2.89 bits per heavy atom. The highest BCUT2D eigenvalue weighted by Crippen LogP contribution is 2.42. The second kappa shape index (κ2) is 4.75. The highest BCUT2D eigenvalue weighted by atomic mass is 32.2. The van der Waals surface area contributed by atoms with E-state index in [0.29, 0.717) is 18.9 Å². The van der Waals surface area contributed by atoms with E-state index in [1.165, 1.54) is 0 Å². The maximum absolute atomic E-state index is 11.4. The molecule has 0 aromatic carbocycles. The molecular formula is C11H17N5O2S. The number of hydrogen-bond donors (Lipinski definition) is 2. The van der Waals surface area contributed by atoms with Gasteiger partial charge in [0.05, 0.1) is 6.04 Å². The van der Waals surface area contributed by atoms with Crippen LogP contribution in [0.2, 0.25) is 0 Å². The summed E-state index contributed by atoms with van der Waals surface area (Å²) in [6.45, 7) is 0. The number of rotatable bonds is 5. The zero-order valence-electron chi connectivity index (χ0n) is 10.7. The van der Waals surface area contributed by atoms with Crippen molar-refractivity contribution in [2.75, 3.05) is 7.05 Å². The van der Waals surface area contributed by atoms with Gasteiger partial charge in [0.25, 0.3) is 0 Å². The first kappa shape index (κ1) is 12.9. The van der Waals surface area contributed by atoms with Crippen molar-refractivity contribution in [1.82, 2.24) is 25.5 Å². The molecule has 0 spiro atoms. The third kappa shape index (κ3) is 2.34. The summed E-state index contributed by atoms with van der Waals surface area (Å²) in [7, 11) is 1.72. The maximum atomic E-state index is 11.4. The standard InChI is InChI=1S/C11H17N5O2S/c1-12-11(9(17)18)5-4-8(6-11)19-10-13-14-15-16(10)7-2-3-7/h7-8,12H,2-6H2,1H3,(H,17,18). The van der Waals surface area contributed by atoms with E-state index in [9.17, 15) is 9.90 Å². The van der Waals surface area contributed by atoms with Crippen LogP contribution in [0.1, 0.15) is 38.1 Å². The van der Waals surface area contributed by atoms with Crippen molar-refractivity contribution >= 4 is 17.7 Å².